The SMILES string of the molecule is N#CC(c1cccc(Br)c1)N1CCNCC1=O. The first kappa shape index (κ1) is 12.1. The van der Waals surface area contributed by atoms with Crippen molar-refractivity contribution in [3.63, 3.8) is 0 Å². The summed E-state index contributed by atoms with van der Waals surface area (Å²) in [5.74, 6) is -0.0252. The van der Waals surface area contributed by atoms with Crippen molar-refractivity contribution < 1.29 is 4.79 Å². The maximum atomic E-state index is 11.8. The molecule has 17 heavy (non-hydrogen) atoms. The van der Waals surface area contributed by atoms with Gasteiger partial charge in [0, 0.05) is 17.6 Å². The number of hydrogen-bond donors (Lipinski definition) is 1. The molecule has 1 saturated heterocycles. The molecule has 0 aromatic heterocycles. The first-order valence-electron chi connectivity index (χ1n) is 5.37. The fourth-order valence-corrected chi connectivity index (χ4v) is 2.31. The van der Waals surface area contributed by atoms with E-state index in [9.17, 15) is 10.1 Å². The number of halogens is 1. The molecule has 0 bridgehead atoms. The van der Waals surface area contributed by atoms with Crippen molar-refractivity contribution in [2.75, 3.05) is 19.6 Å². The molecule has 1 aliphatic rings. The second-order valence-electron chi connectivity index (χ2n) is 3.85. The second-order valence-corrected chi connectivity index (χ2v) is 4.77. The number of amides is 1. The Hall–Kier alpha value is -1.38. The van der Waals surface area contributed by atoms with E-state index >= 15 is 0 Å². The van der Waals surface area contributed by atoms with Gasteiger partial charge in [-0.05, 0) is 17.7 Å². The van der Waals surface area contributed by atoms with E-state index in [1.807, 2.05) is 24.3 Å². The summed E-state index contributed by atoms with van der Waals surface area (Å²) >= 11 is 3.37. The molecule has 1 aromatic rings. The number of carbonyl (C=O) groups excluding carboxylic acids is 1. The molecular formula is C12H12BrN3O. The Balaban J connectivity index is 2.27. The first-order valence-corrected chi connectivity index (χ1v) is 6.17. The van der Waals surface area contributed by atoms with Crippen LogP contribution in [-0.2, 0) is 4.79 Å². The summed E-state index contributed by atoms with van der Waals surface area (Å²) in [6.07, 6.45) is 0. The third-order valence-electron chi connectivity index (χ3n) is 2.72. The van der Waals surface area contributed by atoms with Crippen LogP contribution in [-0.4, -0.2) is 30.4 Å². The van der Waals surface area contributed by atoms with Gasteiger partial charge < -0.3 is 10.2 Å². The molecule has 5 heteroatoms. The Labute approximate surface area is 108 Å². The molecule has 1 N–H and O–H groups in total. The molecule has 1 atom stereocenters. The largest absolute Gasteiger partial charge is 0.320 e. The Morgan fingerprint density at radius 3 is 3.00 bits per heavy atom. The molecule has 1 aromatic carbocycles. The fourth-order valence-electron chi connectivity index (χ4n) is 1.90. The lowest BCUT2D eigenvalue weighted by atomic mass is 10.1. The first-order chi connectivity index (χ1) is 8.22. The van der Waals surface area contributed by atoms with Crippen LogP contribution in [0.15, 0.2) is 28.7 Å². The van der Waals surface area contributed by atoms with Crippen molar-refractivity contribution in [1.82, 2.24) is 10.2 Å². The van der Waals surface area contributed by atoms with Crippen LogP contribution in [0.4, 0.5) is 0 Å². The smallest absolute Gasteiger partial charge is 0.237 e. The molecule has 0 radical (unpaired) electrons. The molecule has 2 rings (SSSR count). The zero-order chi connectivity index (χ0) is 12.3. The Kier molecular flexibility index (Phi) is 3.77. The average Bonchev–Trinajstić information content (AvgIpc) is 2.33. The predicted octanol–water partition coefficient (Wildman–Crippen LogP) is 1.45. The number of nitriles is 1. The zero-order valence-corrected chi connectivity index (χ0v) is 10.8. The molecule has 1 aliphatic heterocycles. The Bertz CT molecular complexity index is 469. The number of nitrogens with zero attached hydrogens (tertiary/aromatic N) is 2. The van der Waals surface area contributed by atoms with Gasteiger partial charge in [-0.1, -0.05) is 28.1 Å². The molecular weight excluding hydrogens is 282 g/mol. The van der Waals surface area contributed by atoms with Crippen LogP contribution in [0.1, 0.15) is 11.6 Å². The average molecular weight is 294 g/mol. The normalized spacial score (nSPS) is 17.6. The van der Waals surface area contributed by atoms with Crippen LogP contribution in [0.25, 0.3) is 0 Å². The summed E-state index contributed by atoms with van der Waals surface area (Å²) < 4.78 is 0.915. The molecule has 1 fully saturated rings. The van der Waals surface area contributed by atoms with Gasteiger partial charge in [0.15, 0.2) is 0 Å². The van der Waals surface area contributed by atoms with Gasteiger partial charge in [-0.15, -0.1) is 0 Å². The van der Waals surface area contributed by atoms with Crippen molar-refractivity contribution in [1.29, 1.82) is 5.26 Å². The summed E-state index contributed by atoms with van der Waals surface area (Å²) in [6, 6.07) is 9.22. The monoisotopic (exact) mass is 293 g/mol. The number of piperazine rings is 1. The topological polar surface area (TPSA) is 56.1 Å². The minimum Gasteiger partial charge on any atom is -0.320 e. The van der Waals surface area contributed by atoms with Crippen LogP contribution < -0.4 is 5.32 Å². The summed E-state index contributed by atoms with van der Waals surface area (Å²) in [6.45, 7) is 1.62. The lowest BCUT2D eigenvalue weighted by Gasteiger charge is -2.31. The van der Waals surface area contributed by atoms with E-state index in [-0.39, 0.29) is 5.91 Å². The second kappa shape index (κ2) is 5.30. The van der Waals surface area contributed by atoms with Gasteiger partial charge >= 0.3 is 0 Å². The lowest BCUT2D eigenvalue weighted by molar-refractivity contribution is -0.133. The van der Waals surface area contributed by atoms with Crippen LogP contribution in [0.2, 0.25) is 0 Å². The molecule has 88 valence electrons. The van der Waals surface area contributed by atoms with E-state index in [1.54, 1.807) is 4.90 Å². The minimum atomic E-state index is -0.498. The molecule has 0 aliphatic carbocycles. The van der Waals surface area contributed by atoms with Gasteiger partial charge in [0.2, 0.25) is 5.91 Å². The highest BCUT2D eigenvalue weighted by molar-refractivity contribution is 9.10. The molecule has 0 spiro atoms. The number of hydrogen-bond acceptors (Lipinski definition) is 3. The van der Waals surface area contributed by atoms with Gasteiger partial charge in [-0.25, -0.2) is 0 Å². The van der Waals surface area contributed by atoms with Crippen LogP contribution in [0.5, 0.6) is 0 Å². The quantitative estimate of drug-likeness (QED) is 0.898. The van der Waals surface area contributed by atoms with E-state index in [2.05, 4.69) is 27.3 Å². The highest BCUT2D eigenvalue weighted by atomic mass is 79.9. The van der Waals surface area contributed by atoms with Crippen molar-refractivity contribution in [2.24, 2.45) is 0 Å². The van der Waals surface area contributed by atoms with Gasteiger partial charge in [0.25, 0.3) is 0 Å². The Morgan fingerprint density at radius 2 is 2.35 bits per heavy atom. The highest BCUT2D eigenvalue weighted by Crippen LogP contribution is 2.23. The molecule has 1 amide bonds. The van der Waals surface area contributed by atoms with Crippen LogP contribution >= 0.6 is 15.9 Å². The van der Waals surface area contributed by atoms with Crippen molar-refractivity contribution in [2.45, 2.75) is 6.04 Å². The summed E-state index contributed by atoms with van der Waals surface area (Å²) in [4.78, 5) is 13.4. The summed E-state index contributed by atoms with van der Waals surface area (Å²) in [5.41, 5.74) is 0.845. The maximum absolute atomic E-state index is 11.8. The lowest BCUT2D eigenvalue weighted by Crippen LogP contribution is -2.49. The number of rotatable bonds is 2. The fraction of sp³-hybridized carbons (Fsp3) is 0.333. The van der Waals surface area contributed by atoms with E-state index in [0.29, 0.717) is 13.1 Å². The Morgan fingerprint density at radius 1 is 1.53 bits per heavy atom. The number of benzene rings is 1. The third-order valence-corrected chi connectivity index (χ3v) is 3.22. The standard InChI is InChI=1S/C12H12BrN3O/c13-10-3-1-2-9(6-10)11(7-14)16-5-4-15-8-12(16)17/h1-3,6,11,15H,4-5,8H2. The summed E-state index contributed by atoms with van der Waals surface area (Å²) in [5, 5.41) is 12.3. The highest BCUT2D eigenvalue weighted by Gasteiger charge is 2.26. The number of carbonyl (C=O) groups is 1. The summed E-state index contributed by atoms with van der Waals surface area (Å²) in [7, 11) is 0. The van der Waals surface area contributed by atoms with Gasteiger partial charge in [0.1, 0.15) is 6.04 Å². The molecule has 4 nitrogen and oxygen atoms in total. The van der Waals surface area contributed by atoms with Crippen molar-refractivity contribution in [3.05, 3.63) is 34.3 Å². The van der Waals surface area contributed by atoms with E-state index in [4.69, 9.17) is 0 Å². The van der Waals surface area contributed by atoms with Crippen molar-refractivity contribution in [3.8, 4) is 6.07 Å². The van der Waals surface area contributed by atoms with Gasteiger partial charge in [-0.2, -0.15) is 5.26 Å². The molecule has 0 saturated carbocycles. The minimum absolute atomic E-state index is 0.0252. The van der Waals surface area contributed by atoms with Crippen LogP contribution in [0, 0.1) is 11.3 Å². The van der Waals surface area contributed by atoms with E-state index in [1.165, 1.54) is 0 Å². The number of nitrogens with one attached hydrogen (secondary N) is 1. The van der Waals surface area contributed by atoms with Crippen LogP contribution in [0.3, 0.4) is 0 Å². The predicted molar refractivity (Wildman–Crippen MR) is 67.1 cm³/mol. The van der Waals surface area contributed by atoms with E-state index in [0.717, 1.165) is 16.6 Å². The zero-order valence-electron chi connectivity index (χ0n) is 9.19. The molecule has 1 heterocycles. The van der Waals surface area contributed by atoms with Gasteiger partial charge in [-0.3, -0.25) is 4.79 Å². The maximum Gasteiger partial charge on any atom is 0.237 e. The van der Waals surface area contributed by atoms with Gasteiger partial charge in [0.05, 0.1) is 12.6 Å². The van der Waals surface area contributed by atoms with E-state index < -0.39 is 6.04 Å². The van der Waals surface area contributed by atoms with Crippen molar-refractivity contribution >= 4 is 21.8 Å². The third kappa shape index (κ3) is 2.65. The molecule has 1 unspecified atom stereocenters.